The van der Waals surface area contributed by atoms with E-state index in [9.17, 15) is 4.39 Å². The summed E-state index contributed by atoms with van der Waals surface area (Å²) in [5.41, 5.74) is 0.828. The fraction of sp³-hybridized carbons (Fsp3) is 0.357. The van der Waals surface area contributed by atoms with Crippen LogP contribution in [0.25, 0.3) is 10.9 Å². The molecule has 2 nitrogen and oxygen atoms in total. The van der Waals surface area contributed by atoms with Crippen LogP contribution in [0.2, 0.25) is 5.02 Å². The average molecular weight is 297 g/mol. The third-order valence-electron chi connectivity index (χ3n) is 3.64. The Kier molecular flexibility index (Phi) is 3.31. The molecule has 1 aromatic heterocycles. The molecule has 0 bridgehead atoms. The van der Waals surface area contributed by atoms with Gasteiger partial charge in [0.15, 0.2) is 5.82 Å². The van der Waals surface area contributed by atoms with Crippen molar-refractivity contribution in [3.05, 3.63) is 35.2 Å². The second-order valence-electron chi connectivity index (χ2n) is 4.86. The van der Waals surface area contributed by atoms with E-state index in [1.54, 1.807) is 12.1 Å². The highest BCUT2D eigenvalue weighted by Gasteiger charge is 2.41. The molecule has 0 atom stereocenters. The standard InChI is InChI=1S/C14H14ClFN2S/c1-19-14(5-6-14)8-18-11-3-2-9-10(15)4-7-17-13(9)12(11)16/h2-4,7,18H,5-6,8H2,1H3. The van der Waals surface area contributed by atoms with Crippen LogP contribution in [0.1, 0.15) is 12.8 Å². The molecular formula is C14H14ClFN2S. The topological polar surface area (TPSA) is 24.9 Å². The van der Waals surface area contributed by atoms with Gasteiger partial charge in [0.2, 0.25) is 0 Å². The Morgan fingerprint density at radius 3 is 2.89 bits per heavy atom. The van der Waals surface area contributed by atoms with E-state index in [-0.39, 0.29) is 5.82 Å². The maximum absolute atomic E-state index is 14.4. The van der Waals surface area contributed by atoms with Gasteiger partial charge in [0, 0.05) is 22.9 Å². The van der Waals surface area contributed by atoms with Crippen LogP contribution < -0.4 is 5.32 Å². The monoisotopic (exact) mass is 296 g/mol. The van der Waals surface area contributed by atoms with Crippen LogP contribution in [0.5, 0.6) is 0 Å². The van der Waals surface area contributed by atoms with Gasteiger partial charge in [-0.2, -0.15) is 11.8 Å². The van der Waals surface area contributed by atoms with Crippen molar-refractivity contribution in [2.24, 2.45) is 0 Å². The van der Waals surface area contributed by atoms with Gasteiger partial charge in [-0.15, -0.1) is 0 Å². The number of nitrogens with zero attached hydrogens (tertiary/aromatic N) is 1. The zero-order valence-electron chi connectivity index (χ0n) is 10.5. The Morgan fingerprint density at radius 1 is 1.42 bits per heavy atom. The van der Waals surface area contributed by atoms with Gasteiger partial charge in [-0.1, -0.05) is 11.6 Å². The molecule has 1 fully saturated rings. The highest BCUT2D eigenvalue weighted by atomic mass is 35.5. The minimum absolute atomic E-state index is 0.295. The summed E-state index contributed by atoms with van der Waals surface area (Å²) in [5, 5.41) is 4.38. The number of benzene rings is 1. The lowest BCUT2D eigenvalue weighted by Crippen LogP contribution is -2.18. The minimum Gasteiger partial charge on any atom is -0.381 e. The predicted molar refractivity (Wildman–Crippen MR) is 80.7 cm³/mol. The van der Waals surface area contributed by atoms with Crippen molar-refractivity contribution < 1.29 is 4.39 Å². The summed E-state index contributed by atoms with van der Waals surface area (Å²) in [4.78, 5) is 4.08. The molecule has 1 aromatic carbocycles. The van der Waals surface area contributed by atoms with Gasteiger partial charge in [-0.3, -0.25) is 4.98 Å². The summed E-state index contributed by atoms with van der Waals surface area (Å²) in [6.45, 7) is 0.789. The Hall–Kier alpha value is -1.00. The fourth-order valence-corrected chi connectivity index (χ4v) is 3.07. The van der Waals surface area contributed by atoms with E-state index in [1.807, 2.05) is 17.8 Å². The number of nitrogens with one attached hydrogen (secondary N) is 1. The van der Waals surface area contributed by atoms with Crippen LogP contribution in [0, 0.1) is 5.82 Å². The molecule has 0 amide bonds. The van der Waals surface area contributed by atoms with Crippen molar-refractivity contribution in [3.63, 3.8) is 0 Å². The second kappa shape index (κ2) is 4.84. The van der Waals surface area contributed by atoms with Crippen molar-refractivity contribution in [1.82, 2.24) is 4.98 Å². The third-order valence-corrected chi connectivity index (χ3v) is 5.39. The van der Waals surface area contributed by atoms with Crippen molar-refractivity contribution in [2.45, 2.75) is 17.6 Å². The molecular weight excluding hydrogens is 283 g/mol. The van der Waals surface area contributed by atoms with Gasteiger partial charge >= 0.3 is 0 Å². The Morgan fingerprint density at radius 2 is 2.21 bits per heavy atom. The third kappa shape index (κ3) is 2.39. The van der Waals surface area contributed by atoms with Gasteiger partial charge in [0.25, 0.3) is 0 Å². The molecule has 0 aliphatic heterocycles. The molecule has 3 rings (SSSR count). The minimum atomic E-state index is -0.322. The summed E-state index contributed by atoms with van der Waals surface area (Å²) in [7, 11) is 0. The van der Waals surface area contributed by atoms with Gasteiger partial charge in [-0.25, -0.2) is 4.39 Å². The molecule has 0 spiro atoms. The maximum atomic E-state index is 14.4. The number of aromatic nitrogens is 1. The molecule has 0 saturated heterocycles. The van der Waals surface area contributed by atoms with Crippen LogP contribution >= 0.6 is 23.4 Å². The fourth-order valence-electron chi connectivity index (χ4n) is 2.14. The van der Waals surface area contributed by atoms with Crippen LogP contribution in [-0.4, -0.2) is 22.5 Å². The molecule has 100 valence electrons. The Labute approximate surface area is 120 Å². The summed E-state index contributed by atoms with van der Waals surface area (Å²) < 4.78 is 14.7. The number of hydrogen-bond donors (Lipinski definition) is 1. The van der Waals surface area contributed by atoms with E-state index >= 15 is 0 Å². The highest BCUT2D eigenvalue weighted by molar-refractivity contribution is 8.00. The van der Waals surface area contributed by atoms with E-state index in [0.29, 0.717) is 26.4 Å². The molecule has 1 N–H and O–H groups in total. The lowest BCUT2D eigenvalue weighted by molar-refractivity contribution is 0.638. The van der Waals surface area contributed by atoms with Crippen LogP contribution in [0.15, 0.2) is 24.4 Å². The molecule has 19 heavy (non-hydrogen) atoms. The second-order valence-corrected chi connectivity index (χ2v) is 6.54. The first kappa shape index (κ1) is 13.0. The van der Waals surface area contributed by atoms with E-state index in [1.165, 1.54) is 19.0 Å². The molecule has 0 unspecified atom stereocenters. The normalized spacial score (nSPS) is 16.6. The quantitative estimate of drug-likeness (QED) is 0.909. The van der Waals surface area contributed by atoms with E-state index in [2.05, 4.69) is 16.6 Å². The van der Waals surface area contributed by atoms with E-state index in [4.69, 9.17) is 11.6 Å². The first-order valence-electron chi connectivity index (χ1n) is 6.17. The molecule has 1 saturated carbocycles. The lowest BCUT2D eigenvalue weighted by Gasteiger charge is -2.15. The molecule has 1 aliphatic rings. The van der Waals surface area contributed by atoms with Gasteiger partial charge in [-0.05, 0) is 37.3 Å². The molecule has 0 radical (unpaired) electrons. The molecule has 5 heteroatoms. The zero-order valence-corrected chi connectivity index (χ0v) is 12.1. The van der Waals surface area contributed by atoms with Gasteiger partial charge < -0.3 is 5.32 Å². The highest BCUT2D eigenvalue weighted by Crippen LogP contribution is 2.47. The molecule has 2 aromatic rings. The van der Waals surface area contributed by atoms with Gasteiger partial charge in [0.05, 0.1) is 10.7 Å². The number of rotatable bonds is 4. The molecule has 1 aliphatic carbocycles. The first-order chi connectivity index (χ1) is 9.15. The smallest absolute Gasteiger partial charge is 0.172 e. The van der Waals surface area contributed by atoms with Crippen LogP contribution in [0.4, 0.5) is 10.1 Å². The summed E-state index contributed by atoms with van der Waals surface area (Å²) in [5.74, 6) is -0.322. The van der Waals surface area contributed by atoms with Crippen molar-refractivity contribution in [2.75, 3.05) is 18.1 Å². The molecule has 1 heterocycles. The number of halogens is 2. The van der Waals surface area contributed by atoms with Crippen molar-refractivity contribution in [3.8, 4) is 0 Å². The number of thioether (sulfide) groups is 1. The van der Waals surface area contributed by atoms with Crippen LogP contribution in [0.3, 0.4) is 0 Å². The Balaban J connectivity index is 1.90. The predicted octanol–water partition coefficient (Wildman–Crippen LogP) is 4.33. The van der Waals surface area contributed by atoms with Crippen molar-refractivity contribution in [1.29, 1.82) is 0 Å². The first-order valence-corrected chi connectivity index (χ1v) is 7.77. The van der Waals surface area contributed by atoms with Gasteiger partial charge in [0.1, 0.15) is 5.52 Å². The summed E-state index contributed by atoms with van der Waals surface area (Å²) in [6, 6.07) is 5.22. The summed E-state index contributed by atoms with van der Waals surface area (Å²) >= 11 is 7.88. The SMILES string of the molecule is CSC1(CNc2ccc3c(Cl)ccnc3c2F)CC1. The zero-order chi connectivity index (χ0) is 13.5. The van der Waals surface area contributed by atoms with E-state index in [0.717, 1.165) is 6.54 Å². The lowest BCUT2D eigenvalue weighted by atomic mass is 10.2. The largest absolute Gasteiger partial charge is 0.381 e. The average Bonchev–Trinajstić information content (AvgIpc) is 3.20. The maximum Gasteiger partial charge on any atom is 0.172 e. The number of hydrogen-bond acceptors (Lipinski definition) is 3. The summed E-state index contributed by atoms with van der Waals surface area (Å²) in [6.07, 6.45) is 6.02. The number of fused-ring (bicyclic) bond motifs is 1. The number of pyridine rings is 1. The number of anilines is 1. The Bertz CT molecular complexity index is 628. The van der Waals surface area contributed by atoms with Crippen LogP contribution in [-0.2, 0) is 0 Å². The van der Waals surface area contributed by atoms with E-state index < -0.39 is 0 Å². The van der Waals surface area contributed by atoms with Crippen molar-refractivity contribution >= 4 is 40.0 Å².